The summed E-state index contributed by atoms with van der Waals surface area (Å²) in [4.78, 5) is 0. The van der Waals surface area contributed by atoms with Crippen LogP contribution in [-0.4, -0.2) is 42.8 Å². The molecule has 2 aliphatic heterocycles. The van der Waals surface area contributed by atoms with Gasteiger partial charge in [0.05, 0.1) is 17.1 Å². The van der Waals surface area contributed by atoms with Crippen LogP contribution in [0.3, 0.4) is 0 Å². The standard InChI is InChI=1S/C21H29BO5S/c1-3-5-15(12-16-6-9-18(23)10-7-16)8-11-19-21-17(4-2)14-28(25,26)20(21)13-22(24)27-19/h6-7,9-10,12,19-20,23-24H,3-5,8,11,13-14H2,1-2H3/b15-12+/t19-,20+/m1/s1. The molecule has 0 bridgehead atoms. The predicted molar refractivity (Wildman–Crippen MR) is 113 cm³/mol. The zero-order valence-electron chi connectivity index (χ0n) is 16.6. The van der Waals surface area contributed by atoms with Crippen LogP contribution in [0.15, 0.2) is 41.0 Å². The van der Waals surface area contributed by atoms with Gasteiger partial charge in [-0.3, -0.25) is 0 Å². The fourth-order valence-electron chi connectivity index (χ4n) is 4.30. The van der Waals surface area contributed by atoms with Crippen molar-refractivity contribution in [2.75, 3.05) is 5.75 Å². The Labute approximate surface area is 168 Å². The molecule has 3 rings (SSSR count). The lowest BCUT2D eigenvalue weighted by molar-refractivity contribution is 0.169. The van der Waals surface area contributed by atoms with Crippen LogP contribution >= 0.6 is 0 Å². The highest BCUT2D eigenvalue weighted by atomic mass is 32.2. The highest BCUT2D eigenvalue weighted by molar-refractivity contribution is 7.92. The van der Waals surface area contributed by atoms with Crippen molar-refractivity contribution in [3.63, 3.8) is 0 Å². The van der Waals surface area contributed by atoms with E-state index in [1.165, 1.54) is 5.57 Å². The minimum Gasteiger partial charge on any atom is -0.508 e. The van der Waals surface area contributed by atoms with E-state index < -0.39 is 22.2 Å². The predicted octanol–water partition coefficient (Wildman–Crippen LogP) is 3.74. The SMILES string of the molecule is CCC/C(=C\c1ccc(O)cc1)CC[C@H]1OB(O)C[C@H]2C1=C(CC)CS2(=O)=O. The van der Waals surface area contributed by atoms with Crippen LogP contribution in [0.2, 0.25) is 6.32 Å². The maximum atomic E-state index is 12.5. The van der Waals surface area contributed by atoms with Crippen molar-refractivity contribution in [3.05, 3.63) is 46.5 Å². The quantitative estimate of drug-likeness (QED) is 0.534. The second-order valence-corrected chi connectivity index (χ2v) is 9.89. The van der Waals surface area contributed by atoms with Gasteiger partial charge in [-0.15, -0.1) is 0 Å². The number of hydrogen-bond acceptors (Lipinski definition) is 5. The van der Waals surface area contributed by atoms with Gasteiger partial charge in [0.2, 0.25) is 0 Å². The summed E-state index contributed by atoms with van der Waals surface area (Å²) in [5, 5.41) is 19.0. The van der Waals surface area contributed by atoms with Gasteiger partial charge in [-0.1, -0.05) is 49.6 Å². The van der Waals surface area contributed by atoms with E-state index >= 15 is 0 Å². The summed E-state index contributed by atoms with van der Waals surface area (Å²) in [5.41, 5.74) is 4.14. The number of phenols is 1. The maximum Gasteiger partial charge on any atom is 0.456 e. The summed E-state index contributed by atoms with van der Waals surface area (Å²) in [6.07, 6.45) is 6.01. The van der Waals surface area contributed by atoms with Gasteiger partial charge in [-0.05, 0) is 49.0 Å². The van der Waals surface area contributed by atoms with Crippen molar-refractivity contribution in [2.45, 2.75) is 63.6 Å². The molecule has 5 nitrogen and oxygen atoms in total. The van der Waals surface area contributed by atoms with Crippen LogP contribution < -0.4 is 0 Å². The molecule has 0 radical (unpaired) electrons. The van der Waals surface area contributed by atoms with E-state index in [2.05, 4.69) is 13.0 Å². The Morgan fingerprint density at radius 1 is 1.25 bits per heavy atom. The van der Waals surface area contributed by atoms with E-state index in [-0.39, 0.29) is 23.9 Å². The highest BCUT2D eigenvalue weighted by Gasteiger charge is 2.47. The first-order chi connectivity index (χ1) is 13.3. The summed E-state index contributed by atoms with van der Waals surface area (Å²) in [6, 6.07) is 7.09. The third-order valence-electron chi connectivity index (χ3n) is 5.64. The molecule has 2 heterocycles. The van der Waals surface area contributed by atoms with E-state index in [0.717, 1.165) is 36.0 Å². The monoisotopic (exact) mass is 404 g/mol. The molecule has 152 valence electrons. The molecule has 0 spiro atoms. The minimum atomic E-state index is -3.23. The first-order valence-corrected chi connectivity index (χ1v) is 11.8. The van der Waals surface area contributed by atoms with Crippen LogP contribution in [0.4, 0.5) is 0 Å². The zero-order chi connectivity index (χ0) is 20.3. The van der Waals surface area contributed by atoms with Gasteiger partial charge in [-0.2, -0.15) is 0 Å². The van der Waals surface area contributed by atoms with Crippen molar-refractivity contribution in [1.82, 2.24) is 0 Å². The number of hydrogen-bond donors (Lipinski definition) is 2. The summed E-state index contributed by atoms with van der Waals surface area (Å²) < 4.78 is 30.8. The molecule has 2 aliphatic rings. The van der Waals surface area contributed by atoms with Crippen molar-refractivity contribution in [3.8, 4) is 5.75 Å². The third-order valence-corrected chi connectivity index (χ3v) is 7.70. The van der Waals surface area contributed by atoms with E-state index in [1.807, 2.05) is 19.1 Å². The van der Waals surface area contributed by atoms with Gasteiger partial charge in [0.1, 0.15) is 5.75 Å². The third kappa shape index (κ3) is 4.70. The van der Waals surface area contributed by atoms with Gasteiger partial charge in [0.25, 0.3) is 0 Å². The Kier molecular flexibility index (Phi) is 6.68. The minimum absolute atomic E-state index is 0.0985. The van der Waals surface area contributed by atoms with Crippen molar-refractivity contribution in [1.29, 1.82) is 0 Å². The van der Waals surface area contributed by atoms with Gasteiger partial charge >= 0.3 is 7.12 Å². The molecule has 0 unspecified atom stereocenters. The molecule has 2 atom stereocenters. The molecule has 1 aromatic rings. The Hall–Kier alpha value is -1.57. The van der Waals surface area contributed by atoms with E-state index in [4.69, 9.17) is 4.65 Å². The van der Waals surface area contributed by atoms with Crippen LogP contribution in [0, 0.1) is 0 Å². The molecule has 0 aliphatic carbocycles. The fraction of sp³-hybridized carbons (Fsp3) is 0.524. The van der Waals surface area contributed by atoms with Crippen molar-refractivity contribution in [2.24, 2.45) is 0 Å². The number of phenolic OH excluding ortho intramolecular Hbond substituents is 1. The normalized spacial score (nSPS) is 24.5. The second kappa shape index (κ2) is 8.85. The second-order valence-electron chi connectivity index (χ2n) is 7.71. The topological polar surface area (TPSA) is 83.8 Å². The molecule has 1 saturated heterocycles. The number of sulfone groups is 1. The summed E-state index contributed by atoms with van der Waals surface area (Å²) in [5.74, 6) is 0.340. The summed E-state index contributed by atoms with van der Waals surface area (Å²) >= 11 is 0. The fourth-order valence-corrected chi connectivity index (χ4v) is 6.52. The Bertz CT molecular complexity index is 857. The zero-order valence-corrected chi connectivity index (χ0v) is 17.4. The van der Waals surface area contributed by atoms with Crippen LogP contribution in [-0.2, 0) is 14.5 Å². The average molecular weight is 404 g/mol. The molecule has 28 heavy (non-hydrogen) atoms. The molecule has 0 saturated carbocycles. The molecular weight excluding hydrogens is 375 g/mol. The molecule has 7 heteroatoms. The average Bonchev–Trinajstić information content (AvgIpc) is 2.92. The van der Waals surface area contributed by atoms with Crippen molar-refractivity contribution >= 4 is 23.0 Å². The Morgan fingerprint density at radius 3 is 2.61 bits per heavy atom. The van der Waals surface area contributed by atoms with Crippen molar-refractivity contribution < 1.29 is 23.2 Å². The number of rotatable bonds is 7. The van der Waals surface area contributed by atoms with Crippen LogP contribution in [0.5, 0.6) is 5.75 Å². The molecule has 0 amide bonds. The number of fused-ring (bicyclic) bond motifs is 1. The van der Waals surface area contributed by atoms with Crippen LogP contribution in [0.25, 0.3) is 6.08 Å². The maximum absolute atomic E-state index is 12.5. The highest BCUT2D eigenvalue weighted by Crippen LogP contribution is 2.40. The largest absolute Gasteiger partial charge is 0.508 e. The lowest BCUT2D eigenvalue weighted by atomic mass is 9.74. The first kappa shape index (κ1) is 21.2. The van der Waals surface area contributed by atoms with E-state index in [1.54, 1.807) is 12.1 Å². The molecule has 1 aromatic carbocycles. The summed E-state index contributed by atoms with van der Waals surface area (Å²) in [7, 11) is -4.26. The van der Waals surface area contributed by atoms with E-state index in [9.17, 15) is 18.5 Å². The molecule has 0 aromatic heterocycles. The Morgan fingerprint density at radius 2 is 1.96 bits per heavy atom. The van der Waals surface area contributed by atoms with Gasteiger partial charge < -0.3 is 14.8 Å². The molecule has 2 N–H and O–H groups in total. The Balaban J connectivity index is 1.79. The summed E-state index contributed by atoms with van der Waals surface area (Å²) in [6.45, 7) is 4.11. The van der Waals surface area contributed by atoms with E-state index in [0.29, 0.717) is 12.8 Å². The molecule has 1 fully saturated rings. The number of aromatic hydroxyl groups is 1. The lowest BCUT2D eigenvalue weighted by Gasteiger charge is -2.32. The van der Waals surface area contributed by atoms with Gasteiger partial charge in [0.15, 0.2) is 9.84 Å². The first-order valence-electron chi connectivity index (χ1n) is 10.1. The number of benzene rings is 1. The number of allylic oxidation sites excluding steroid dienone is 1. The molecular formula is C21H29BO5S. The smallest absolute Gasteiger partial charge is 0.456 e. The van der Waals surface area contributed by atoms with Gasteiger partial charge in [0, 0.05) is 6.32 Å². The van der Waals surface area contributed by atoms with Crippen LogP contribution in [0.1, 0.15) is 51.5 Å². The lowest BCUT2D eigenvalue weighted by Crippen LogP contribution is -2.41. The van der Waals surface area contributed by atoms with Gasteiger partial charge in [-0.25, -0.2) is 8.42 Å².